The molecule has 0 N–H and O–H groups in total. The van der Waals surface area contributed by atoms with Crippen LogP contribution in [0.3, 0.4) is 0 Å². The maximum atomic E-state index is 12.1. The minimum absolute atomic E-state index is 0.0957. The molecule has 0 bridgehead atoms. The van der Waals surface area contributed by atoms with Gasteiger partial charge in [0.15, 0.2) is 0 Å². The summed E-state index contributed by atoms with van der Waals surface area (Å²) in [7, 11) is -0.937. The molecule has 0 amide bonds. The van der Waals surface area contributed by atoms with Crippen molar-refractivity contribution in [2.24, 2.45) is 0 Å². The average molecular weight is 338 g/mol. The van der Waals surface area contributed by atoms with Gasteiger partial charge in [0, 0.05) is 25.1 Å². The molecular formula is C14H14N2O4S2. The Kier molecular flexibility index (Phi) is 4.84. The number of nitro benzene ring substituents is 1. The van der Waals surface area contributed by atoms with Gasteiger partial charge in [-0.3, -0.25) is 10.1 Å². The summed E-state index contributed by atoms with van der Waals surface area (Å²) in [6.07, 6.45) is 0. The third-order valence-corrected chi connectivity index (χ3v) is 5.76. The summed E-state index contributed by atoms with van der Waals surface area (Å²) in [5, 5.41) is 11.2. The van der Waals surface area contributed by atoms with Gasteiger partial charge in [0.25, 0.3) is 5.69 Å². The standard InChI is InChI=1S/C14H14N2O4S2/c1-15(2)22(19,20)12-8-9-14(13(10-12)16(17)18)21-11-6-4-3-5-7-11/h3-10H,1-2H3. The largest absolute Gasteiger partial charge is 0.284 e. The third kappa shape index (κ3) is 3.46. The Hall–Kier alpha value is -1.90. The molecule has 0 saturated heterocycles. The zero-order valence-corrected chi connectivity index (χ0v) is 13.6. The molecule has 0 unspecified atom stereocenters. The highest BCUT2D eigenvalue weighted by Gasteiger charge is 2.23. The Labute approximate surface area is 133 Å². The molecule has 0 aromatic heterocycles. The third-order valence-electron chi connectivity index (χ3n) is 2.88. The van der Waals surface area contributed by atoms with Gasteiger partial charge in [-0.15, -0.1) is 0 Å². The van der Waals surface area contributed by atoms with Crippen LogP contribution in [0.15, 0.2) is 63.2 Å². The first-order valence-electron chi connectivity index (χ1n) is 6.26. The minimum Gasteiger partial charge on any atom is -0.258 e. The predicted octanol–water partition coefficient (Wildman–Crippen LogP) is 3.00. The van der Waals surface area contributed by atoms with E-state index in [1.54, 1.807) is 0 Å². The zero-order valence-electron chi connectivity index (χ0n) is 12.0. The van der Waals surface area contributed by atoms with Gasteiger partial charge in [-0.05, 0) is 24.3 Å². The second kappa shape index (κ2) is 6.47. The minimum atomic E-state index is -3.70. The van der Waals surface area contributed by atoms with E-state index >= 15 is 0 Å². The lowest BCUT2D eigenvalue weighted by Crippen LogP contribution is -2.22. The molecule has 0 aliphatic carbocycles. The van der Waals surface area contributed by atoms with Gasteiger partial charge in [0.05, 0.1) is 14.7 Å². The van der Waals surface area contributed by atoms with Crippen LogP contribution in [-0.2, 0) is 10.0 Å². The van der Waals surface area contributed by atoms with Crippen molar-refractivity contribution in [1.29, 1.82) is 0 Å². The maximum absolute atomic E-state index is 12.1. The number of hydrogen-bond acceptors (Lipinski definition) is 5. The second-order valence-electron chi connectivity index (χ2n) is 4.59. The molecule has 22 heavy (non-hydrogen) atoms. The molecule has 116 valence electrons. The van der Waals surface area contributed by atoms with E-state index in [2.05, 4.69) is 0 Å². The van der Waals surface area contributed by atoms with E-state index in [9.17, 15) is 18.5 Å². The van der Waals surface area contributed by atoms with Crippen LogP contribution in [0, 0.1) is 10.1 Å². The first-order valence-corrected chi connectivity index (χ1v) is 8.52. The van der Waals surface area contributed by atoms with Crippen LogP contribution in [0.1, 0.15) is 0 Å². The second-order valence-corrected chi connectivity index (χ2v) is 7.86. The van der Waals surface area contributed by atoms with E-state index in [0.717, 1.165) is 15.3 Å². The monoisotopic (exact) mass is 338 g/mol. The number of benzene rings is 2. The van der Waals surface area contributed by atoms with Crippen LogP contribution < -0.4 is 0 Å². The van der Waals surface area contributed by atoms with E-state index in [1.165, 1.54) is 38.0 Å². The van der Waals surface area contributed by atoms with Gasteiger partial charge in [-0.25, -0.2) is 12.7 Å². The van der Waals surface area contributed by atoms with Crippen LogP contribution in [0.4, 0.5) is 5.69 Å². The SMILES string of the molecule is CN(C)S(=O)(=O)c1ccc(Sc2ccccc2)c([N+](=O)[O-])c1. The quantitative estimate of drug-likeness (QED) is 0.618. The van der Waals surface area contributed by atoms with E-state index < -0.39 is 14.9 Å². The van der Waals surface area contributed by atoms with E-state index in [0.29, 0.717) is 4.90 Å². The predicted molar refractivity (Wildman–Crippen MR) is 84.5 cm³/mol. The van der Waals surface area contributed by atoms with Crippen molar-refractivity contribution in [3.05, 3.63) is 58.6 Å². The van der Waals surface area contributed by atoms with Crippen molar-refractivity contribution in [3.63, 3.8) is 0 Å². The van der Waals surface area contributed by atoms with Gasteiger partial charge in [0.2, 0.25) is 10.0 Å². The summed E-state index contributed by atoms with van der Waals surface area (Å²) in [5.74, 6) is 0. The Morgan fingerprint density at radius 2 is 1.73 bits per heavy atom. The molecule has 0 atom stereocenters. The Morgan fingerprint density at radius 3 is 2.27 bits per heavy atom. The molecule has 0 aliphatic rings. The van der Waals surface area contributed by atoms with Crippen molar-refractivity contribution in [2.75, 3.05) is 14.1 Å². The number of nitrogens with zero attached hydrogens (tertiary/aromatic N) is 2. The molecule has 6 nitrogen and oxygen atoms in total. The van der Waals surface area contributed by atoms with Crippen LogP contribution in [-0.4, -0.2) is 31.7 Å². The summed E-state index contributed by atoms with van der Waals surface area (Å²) < 4.78 is 25.2. The lowest BCUT2D eigenvalue weighted by molar-refractivity contribution is -0.388. The normalized spacial score (nSPS) is 11.6. The van der Waals surface area contributed by atoms with Gasteiger partial charge < -0.3 is 0 Å². The Morgan fingerprint density at radius 1 is 1.09 bits per heavy atom. The zero-order chi connectivity index (χ0) is 16.3. The molecule has 0 radical (unpaired) electrons. The Bertz CT molecular complexity index is 790. The van der Waals surface area contributed by atoms with Gasteiger partial charge >= 0.3 is 0 Å². The summed E-state index contributed by atoms with van der Waals surface area (Å²) >= 11 is 1.22. The van der Waals surface area contributed by atoms with Crippen molar-refractivity contribution < 1.29 is 13.3 Å². The van der Waals surface area contributed by atoms with Crippen LogP contribution in [0.5, 0.6) is 0 Å². The van der Waals surface area contributed by atoms with Crippen molar-refractivity contribution in [1.82, 2.24) is 4.31 Å². The molecule has 0 aliphatic heterocycles. The number of rotatable bonds is 5. The first-order chi connectivity index (χ1) is 10.3. The van der Waals surface area contributed by atoms with Crippen LogP contribution in [0.2, 0.25) is 0 Å². The summed E-state index contributed by atoms with van der Waals surface area (Å²) in [4.78, 5) is 11.8. The first kappa shape index (κ1) is 16.5. The van der Waals surface area contributed by atoms with Gasteiger partial charge in [0.1, 0.15) is 0 Å². The van der Waals surface area contributed by atoms with Gasteiger partial charge in [-0.1, -0.05) is 30.0 Å². The van der Waals surface area contributed by atoms with Crippen LogP contribution >= 0.6 is 11.8 Å². The van der Waals surface area contributed by atoms with Crippen molar-refractivity contribution in [2.45, 2.75) is 14.7 Å². The molecule has 0 saturated carbocycles. The Balaban J connectivity index is 2.47. The molecule has 0 spiro atoms. The molecule has 2 aromatic carbocycles. The summed E-state index contributed by atoms with van der Waals surface area (Å²) in [6.45, 7) is 0. The number of hydrogen-bond donors (Lipinski definition) is 0. The topological polar surface area (TPSA) is 80.5 Å². The maximum Gasteiger partial charge on any atom is 0.284 e. The van der Waals surface area contributed by atoms with E-state index in [4.69, 9.17) is 0 Å². The van der Waals surface area contributed by atoms with E-state index in [1.807, 2.05) is 30.3 Å². The highest BCUT2D eigenvalue weighted by atomic mass is 32.2. The molecule has 2 aromatic rings. The average Bonchev–Trinajstić information content (AvgIpc) is 2.48. The van der Waals surface area contributed by atoms with Crippen LogP contribution in [0.25, 0.3) is 0 Å². The van der Waals surface area contributed by atoms with Gasteiger partial charge in [-0.2, -0.15) is 0 Å². The van der Waals surface area contributed by atoms with Crippen molar-refractivity contribution >= 4 is 27.5 Å². The fourth-order valence-corrected chi connectivity index (χ4v) is 3.56. The summed E-state index contributed by atoms with van der Waals surface area (Å²) in [6, 6.07) is 13.1. The highest BCUT2D eigenvalue weighted by Crippen LogP contribution is 2.36. The number of nitro groups is 1. The molecule has 0 fully saturated rings. The fourth-order valence-electron chi connectivity index (χ4n) is 1.71. The molecular weight excluding hydrogens is 324 g/mol. The molecule has 0 heterocycles. The van der Waals surface area contributed by atoms with Crippen molar-refractivity contribution in [3.8, 4) is 0 Å². The summed E-state index contributed by atoms with van der Waals surface area (Å²) in [5.41, 5.74) is -0.225. The fraction of sp³-hybridized carbons (Fsp3) is 0.143. The lowest BCUT2D eigenvalue weighted by Gasteiger charge is -2.12. The highest BCUT2D eigenvalue weighted by molar-refractivity contribution is 7.99. The lowest BCUT2D eigenvalue weighted by atomic mass is 10.3. The molecule has 8 heteroatoms. The number of sulfonamides is 1. The molecule has 2 rings (SSSR count). The van der Waals surface area contributed by atoms with E-state index in [-0.39, 0.29) is 10.6 Å². The smallest absolute Gasteiger partial charge is 0.258 e.